The number of aromatic nitrogens is 3. The maximum absolute atomic E-state index is 12.8. The van der Waals surface area contributed by atoms with Crippen LogP contribution in [-0.2, 0) is 13.1 Å². The Kier molecular flexibility index (Phi) is 4.04. The predicted octanol–water partition coefficient (Wildman–Crippen LogP) is 2.29. The van der Waals surface area contributed by atoms with E-state index >= 15 is 0 Å². The quantitative estimate of drug-likeness (QED) is 0.882. The van der Waals surface area contributed by atoms with Gasteiger partial charge in [0.15, 0.2) is 0 Å². The summed E-state index contributed by atoms with van der Waals surface area (Å²) in [4.78, 5) is 4.20. The summed E-state index contributed by atoms with van der Waals surface area (Å²) in [7, 11) is 0. The Bertz CT molecular complexity index is 492. The van der Waals surface area contributed by atoms with Crippen molar-refractivity contribution in [1.82, 2.24) is 20.1 Å². The summed E-state index contributed by atoms with van der Waals surface area (Å²) in [6.07, 6.45) is 1.56. The minimum Gasteiger partial charge on any atom is -0.303 e. The third-order valence-electron chi connectivity index (χ3n) is 2.93. The Labute approximate surface area is 106 Å². The van der Waals surface area contributed by atoms with Gasteiger partial charge in [-0.1, -0.05) is 12.1 Å². The van der Waals surface area contributed by atoms with Gasteiger partial charge >= 0.3 is 0 Å². The van der Waals surface area contributed by atoms with E-state index in [0.717, 1.165) is 17.9 Å². The molecule has 0 spiro atoms. The number of benzene rings is 1. The van der Waals surface area contributed by atoms with Gasteiger partial charge in [-0.05, 0) is 31.5 Å². The average molecular weight is 248 g/mol. The SMILES string of the molecule is CCn1ncnc1CN[C@@H](C)c1ccc(F)cc1. The molecule has 0 radical (unpaired) electrons. The normalized spacial score (nSPS) is 12.6. The van der Waals surface area contributed by atoms with Crippen molar-refractivity contribution in [3.63, 3.8) is 0 Å². The fourth-order valence-corrected chi connectivity index (χ4v) is 1.80. The van der Waals surface area contributed by atoms with Crippen molar-refractivity contribution in [3.05, 3.63) is 47.8 Å². The third kappa shape index (κ3) is 2.92. The highest BCUT2D eigenvalue weighted by molar-refractivity contribution is 5.19. The van der Waals surface area contributed by atoms with E-state index in [4.69, 9.17) is 0 Å². The largest absolute Gasteiger partial charge is 0.303 e. The minimum absolute atomic E-state index is 0.146. The van der Waals surface area contributed by atoms with Crippen molar-refractivity contribution in [2.24, 2.45) is 0 Å². The van der Waals surface area contributed by atoms with E-state index in [-0.39, 0.29) is 11.9 Å². The average Bonchev–Trinajstić information content (AvgIpc) is 2.84. The Morgan fingerprint density at radius 1 is 1.33 bits per heavy atom. The van der Waals surface area contributed by atoms with Gasteiger partial charge in [0.1, 0.15) is 18.0 Å². The Morgan fingerprint density at radius 3 is 2.72 bits per heavy atom. The molecule has 4 nitrogen and oxygen atoms in total. The van der Waals surface area contributed by atoms with Crippen molar-refractivity contribution in [1.29, 1.82) is 0 Å². The van der Waals surface area contributed by atoms with Gasteiger partial charge in [0.05, 0.1) is 6.54 Å². The van der Waals surface area contributed by atoms with Gasteiger partial charge in [-0.25, -0.2) is 14.1 Å². The van der Waals surface area contributed by atoms with Crippen LogP contribution in [0.25, 0.3) is 0 Å². The van der Waals surface area contributed by atoms with Crippen LogP contribution in [0.4, 0.5) is 4.39 Å². The van der Waals surface area contributed by atoms with Crippen molar-refractivity contribution < 1.29 is 4.39 Å². The lowest BCUT2D eigenvalue weighted by molar-refractivity contribution is 0.522. The van der Waals surface area contributed by atoms with Gasteiger partial charge in [-0.3, -0.25) is 0 Å². The molecule has 1 atom stereocenters. The second-order valence-electron chi connectivity index (χ2n) is 4.15. The van der Waals surface area contributed by atoms with Crippen LogP contribution in [0.1, 0.15) is 31.3 Å². The monoisotopic (exact) mass is 248 g/mol. The molecular formula is C13H17FN4. The number of aryl methyl sites for hydroxylation is 1. The number of rotatable bonds is 5. The zero-order valence-corrected chi connectivity index (χ0v) is 10.6. The Hall–Kier alpha value is -1.75. The summed E-state index contributed by atoms with van der Waals surface area (Å²) in [6.45, 7) is 5.52. The summed E-state index contributed by atoms with van der Waals surface area (Å²) in [5.41, 5.74) is 1.05. The summed E-state index contributed by atoms with van der Waals surface area (Å²) in [5.74, 6) is 0.697. The summed E-state index contributed by atoms with van der Waals surface area (Å²) in [6, 6.07) is 6.67. The third-order valence-corrected chi connectivity index (χ3v) is 2.93. The smallest absolute Gasteiger partial charge is 0.140 e. The van der Waals surface area contributed by atoms with E-state index in [1.807, 2.05) is 18.5 Å². The van der Waals surface area contributed by atoms with Crippen LogP contribution < -0.4 is 5.32 Å². The first kappa shape index (κ1) is 12.7. The first-order valence-electron chi connectivity index (χ1n) is 6.06. The van der Waals surface area contributed by atoms with E-state index in [0.29, 0.717) is 6.54 Å². The summed E-state index contributed by atoms with van der Waals surface area (Å²) < 4.78 is 14.7. The zero-order chi connectivity index (χ0) is 13.0. The zero-order valence-electron chi connectivity index (χ0n) is 10.6. The molecule has 1 heterocycles. The van der Waals surface area contributed by atoms with Crippen LogP contribution in [-0.4, -0.2) is 14.8 Å². The lowest BCUT2D eigenvalue weighted by Gasteiger charge is -2.14. The molecule has 18 heavy (non-hydrogen) atoms. The minimum atomic E-state index is -0.211. The number of nitrogens with zero attached hydrogens (tertiary/aromatic N) is 3. The molecular weight excluding hydrogens is 231 g/mol. The lowest BCUT2D eigenvalue weighted by Crippen LogP contribution is -2.21. The van der Waals surface area contributed by atoms with Crippen LogP contribution in [0.2, 0.25) is 0 Å². The van der Waals surface area contributed by atoms with Gasteiger partial charge in [0.2, 0.25) is 0 Å². The molecule has 0 amide bonds. The van der Waals surface area contributed by atoms with E-state index in [9.17, 15) is 4.39 Å². The molecule has 0 aliphatic rings. The van der Waals surface area contributed by atoms with Crippen molar-refractivity contribution in [2.75, 3.05) is 0 Å². The standard InChI is InChI=1S/C13H17FN4/c1-3-18-13(16-9-17-18)8-15-10(2)11-4-6-12(14)7-5-11/h4-7,9-10,15H,3,8H2,1-2H3/t10-/m0/s1. The number of hydrogen-bond acceptors (Lipinski definition) is 3. The van der Waals surface area contributed by atoms with E-state index in [1.54, 1.807) is 18.5 Å². The molecule has 96 valence electrons. The van der Waals surface area contributed by atoms with Gasteiger partial charge in [-0.2, -0.15) is 5.10 Å². The molecule has 0 saturated carbocycles. The molecule has 5 heteroatoms. The van der Waals surface area contributed by atoms with Crippen molar-refractivity contribution in [3.8, 4) is 0 Å². The molecule has 0 aliphatic heterocycles. The second-order valence-corrected chi connectivity index (χ2v) is 4.15. The molecule has 0 saturated heterocycles. The molecule has 0 bridgehead atoms. The lowest BCUT2D eigenvalue weighted by atomic mass is 10.1. The fourth-order valence-electron chi connectivity index (χ4n) is 1.80. The molecule has 2 rings (SSSR count). The summed E-state index contributed by atoms with van der Waals surface area (Å²) in [5, 5.41) is 7.46. The van der Waals surface area contributed by atoms with Crippen LogP contribution >= 0.6 is 0 Å². The Morgan fingerprint density at radius 2 is 2.06 bits per heavy atom. The number of halogens is 1. The fraction of sp³-hybridized carbons (Fsp3) is 0.385. The molecule has 1 aromatic heterocycles. The highest BCUT2D eigenvalue weighted by atomic mass is 19.1. The van der Waals surface area contributed by atoms with E-state index in [2.05, 4.69) is 15.4 Å². The topological polar surface area (TPSA) is 42.7 Å². The number of nitrogens with one attached hydrogen (secondary N) is 1. The van der Waals surface area contributed by atoms with Gasteiger partial charge in [0, 0.05) is 12.6 Å². The van der Waals surface area contributed by atoms with Gasteiger partial charge in [0.25, 0.3) is 0 Å². The van der Waals surface area contributed by atoms with Crippen LogP contribution in [0.5, 0.6) is 0 Å². The second kappa shape index (κ2) is 5.73. The number of hydrogen-bond donors (Lipinski definition) is 1. The highest BCUT2D eigenvalue weighted by Crippen LogP contribution is 2.13. The maximum atomic E-state index is 12.8. The molecule has 0 unspecified atom stereocenters. The molecule has 0 fully saturated rings. The maximum Gasteiger partial charge on any atom is 0.140 e. The van der Waals surface area contributed by atoms with Gasteiger partial charge < -0.3 is 5.32 Å². The molecule has 1 aromatic carbocycles. The Balaban J connectivity index is 1.96. The first-order valence-corrected chi connectivity index (χ1v) is 6.06. The van der Waals surface area contributed by atoms with Crippen LogP contribution in [0.3, 0.4) is 0 Å². The van der Waals surface area contributed by atoms with Crippen molar-refractivity contribution >= 4 is 0 Å². The predicted molar refractivity (Wildman–Crippen MR) is 67.4 cm³/mol. The molecule has 1 N–H and O–H groups in total. The van der Waals surface area contributed by atoms with Crippen LogP contribution in [0.15, 0.2) is 30.6 Å². The van der Waals surface area contributed by atoms with E-state index < -0.39 is 0 Å². The summed E-state index contributed by atoms with van der Waals surface area (Å²) >= 11 is 0. The highest BCUT2D eigenvalue weighted by Gasteiger charge is 2.07. The first-order chi connectivity index (χ1) is 8.70. The van der Waals surface area contributed by atoms with E-state index in [1.165, 1.54) is 12.1 Å². The van der Waals surface area contributed by atoms with Gasteiger partial charge in [-0.15, -0.1) is 0 Å². The van der Waals surface area contributed by atoms with Crippen molar-refractivity contribution in [2.45, 2.75) is 33.0 Å². The molecule has 0 aliphatic carbocycles. The molecule has 2 aromatic rings. The van der Waals surface area contributed by atoms with Crippen LogP contribution in [0, 0.1) is 5.82 Å².